The molecule has 1 amide bonds. The van der Waals surface area contributed by atoms with Crippen molar-refractivity contribution in [2.24, 2.45) is 5.73 Å². The number of nitrogens with two attached hydrogens (primary N) is 1. The fourth-order valence-corrected chi connectivity index (χ4v) is 1.47. The molecule has 1 aromatic carbocycles. The molecule has 0 saturated heterocycles. The summed E-state index contributed by atoms with van der Waals surface area (Å²) in [5.41, 5.74) is 5.87. The van der Waals surface area contributed by atoms with E-state index < -0.39 is 11.9 Å². The van der Waals surface area contributed by atoms with Gasteiger partial charge in [-0.1, -0.05) is 12.1 Å². The third-order valence-corrected chi connectivity index (χ3v) is 2.26. The number of primary amides is 1. The molecule has 0 aliphatic rings. The first-order valence-electron chi connectivity index (χ1n) is 5.75. The molecule has 21 heavy (non-hydrogen) atoms. The molecule has 0 aliphatic carbocycles. The Labute approximate surface area is 119 Å². The molecule has 110 valence electrons. The molecule has 0 saturated carbocycles. The van der Waals surface area contributed by atoms with Crippen molar-refractivity contribution >= 4 is 11.9 Å². The SMILES string of the molecule is CC(=O)O.NC(=O)c1ncc(-c2cccc(F)c2)cc1O. The van der Waals surface area contributed by atoms with E-state index in [1.165, 1.54) is 24.4 Å². The molecular formula is C14H13FN2O4. The Morgan fingerprint density at radius 2 is 1.86 bits per heavy atom. The number of aromatic hydroxyl groups is 1. The molecule has 1 aromatic heterocycles. The van der Waals surface area contributed by atoms with Crippen LogP contribution in [0.5, 0.6) is 5.75 Å². The zero-order valence-electron chi connectivity index (χ0n) is 11.1. The van der Waals surface area contributed by atoms with Gasteiger partial charge in [0, 0.05) is 18.7 Å². The lowest BCUT2D eigenvalue weighted by molar-refractivity contribution is -0.134. The molecular weight excluding hydrogens is 279 g/mol. The lowest BCUT2D eigenvalue weighted by Gasteiger charge is -2.04. The van der Waals surface area contributed by atoms with Crippen molar-refractivity contribution in [2.45, 2.75) is 6.92 Å². The number of aliphatic carboxylic acids is 1. The monoisotopic (exact) mass is 292 g/mol. The first kappa shape index (κ1) is 16.1. The van der Waals surface area contributed by atoms with Crippen LogP contribution >= 0.6 is 0 Å². The van der Waals surface area contributed by atoms with Gasteiger partial charge in [-0.3, -0.25) is 9.59 Å². The highest BCUT2D eigenvalue weighted by molar-refractivity contribution is 5.93. The van der Waals surface area contributed by atoms with Crippen LogP contribution in [0, 0.1) is 5.82 Å². The summed E-state index contributed by atoms with van der Waals surface area (Å²) in [6, 6.07) is 7.16. The van der Waals surface area contributed by atoms with Gasteiger partial charge in [0.15, 0.2) is 5.69 Å². The normalized spacial score (nSPS) is 9.43. The number of aromatic nitrogens is 1. The standard InChI is InChI=1S/C12H9FN2O2.C2H4O2/c13-9-3-1-2-7(4-9)8-5-10(16)11(12(14)17)15-6-8;1-2(3)4/h1-6,16H,(H2,14,17);1H3,(H,3,4). The lowest BCUT2D eigenvalue weighted by atomic mass is 10.1. The second-order valence-corrected chi connectivity index (χ2v) is 3.99. The number of carbonyl (C=O) groups is 2. The Bertz CT molecular complexity index is 670. The molecule has 6 nitrogen and oxygen atoms in total. The van der Waals surface area contributed by atoms with Gasteiger partial charge in [0.25, 0.3) is 11.9 Å². The van der Waals surface area contributed by atoms with E-state index in [4.69, 9.17) is 15.6 Å². The number of pyridine rings is 1. The first-order chi connectivity index (χ1) is 9.81. The van der Waals surface area contributed by atoms with E-state index in [0.29, 0.717) is 11.1 Å². The fraction of sp³-hybridized carbons (Fsp3) is 0.0714. The van der Waals surface area contributed by atoms with Crippen molar-refractivity contribution in [1.29, 1.82) is 0 Å². The van der Waals surface area contributed by atoms with Crippen molar-refractivity contribution in [2.75, 3.05) is 0 Å². The number of amides is 1. The van der Waals surface area contributed by atoms with Gasteiger partial charge in [0.05, 0.1) is 0 Å². The highest BCUT2D eigenvalue weighted by Gasteiger charge is 2.10. The maximum atomic E-state index is 13.0. The van der Waals surface area contributed by atoms with Crippen LogP contribution in [0.25, 0.3) is 11.1 Å². The van der Waals surface area contributed by atoms with Crippen molar-refractivity contribution < 1.29 is 24.2 Å². The predicted octanol–water partition coefficient (Wildman–Crippen LogP) is 1.78. The molecule has 0 radical (unpaired) electrons. The highest BCUT2D eigenvalue weighted by Crippen LogP contribution is 2.24. The molecule has 1 heterocycles. The number of carbonyl (C=O) groups excluding carboxylic acids is 1. The molecule has 0 bridgehead atoms. The predicted molar refractivity (Wildman–Crippen MR) is 73.1 cm³/mol. The summed E-state index contributed by atoms with van der Waals surface area (Å²) in [5, 5.41) is 17.0. The van der Waals surface area contributed by atoms with Crippen LogP contribution in [0.4, 0.5) is 4.39 Å². The summed E-state index contributed by atoms with van der Waals surface area (Å²) in [4.78, 5) is 23.6. The summed E-state index contributed by atoms with van der Waals surface area (Å²) in [7, 11) is 0. The minimum absolute atomic E-state index is 0.204. The number of carboxylic acid groups (broad SMARTS) is 1. The molecule has 4 N–H and O–H groups in total. The van der Waals surface area contributed by atoms with Crippen molar-refractivity contribution in [3.05, 3.63) is 48.0 Å². The Hall–Kier alpha value is -2.96. The molecule has 0 aliphatic heterocycles. The summed E-state index contributed by atoms with van der Waals surface area (Å²) in [5.74, 6) is -2.35. The van der Waals surface area contributed by atoms with Crippen LogP contribution in [0.3, 0.4) is 0 Å². The topological polar surface area (TPSA) is 114 Å². The van der Waals surface area contributed by atoms with Crippen LogP contribution in [-0.2, 0) is 4.79 Å². The number of hydrogen-bond donors (Lipinski definition) is 3. The zero-order chi connectivity index (χ0) is 16.0. The van der Waals surface area contributed by atoms with Crippen LogP contribution in [0.1, 0.15) is 17.4 Å². The average molecular weight is 292 g/mol. The van der Waals surface area contributed by atoms with Gasteiger partial charge in [0.1, 0.15) is 11.6 Å². The van der Waals surface area contributed by atoms with Crippen LogP contribution in [-0.4, -0.2) is 27.1 Å². The van der Waals surface area contributed by atoms with Crippen LogP contribution in [0.15, 0.2) is 36.5 Å². The summed E-state index contributed by atoms with van der Waals surface area (Å²) in [6.07, 6.45) is 1.36. The quantitative estimate of drug-likeness (QED) is 0.780. The molecule has 0 atom stereocenters. The Kier molecular flexibility index (Phi) is 5.36. The number of carboxylic acids is 1. The van der Waals surface area contributed by atoms with Gasteiger partial charge in [-0.2, -0.15) is 0 Å². The number of hydrogen-bond acceptors (Lipinski definition) is 4. The Morgan fingerprint density at radius 1 is 1.24 bits per heavy atom. The molecule has 0 unspecified atom stereocenters. The molecule has 0 fully saturated rings. The third kappa shape index (κ3) is 4.90. The van der Waals surface area contributed by atoms with Gasteiger partial charge in [-0.05, 0) is 23.8 Å². The Balaban J connectivity index is 0.000000491. The first-order valence-corrected chi connectivity index (χ1v) is 5.75. The van der Waals surface area contributed by atoms with E-state index in [1.54, 1.807) is 12.1 Å². The van der Waals surface area contributed by atoms with E-state index in [-0.39, 0.29) is 17.3 Å². The number of benzene rings is 1. The van der Waals surface area contributed by atoms with Gasteiger partial charge in [-0.25, -0.2) is 9.37 Å². The van der Waals surface area contributed by atoms with E-state index >= 15 is 0 Å². The maximum Gasteiger partial charge on any atom is 0.300 e. The second-order valence-electron chi connectivity index (χ2n) is 3.99. The largest absolute Gasteiger partial charge is 0.505 e. The Morgan fingerprint density at radius 3 is 2.33 bits per heavy atom. The second kappa shape index (κ2) is 6.99. The minimum Gasteiger partial charge on any atom is -0.505 e. The van der Waals surface area contributed by atoms with Gasteiger partial charge in [0.2, 0.25) is 0 Å². The van der Waals surface area contributed by atoms with E-state index in [9.17, 15) is 14.3 Å². The van der Waals surface area contributed by atoms with E-state index in [2.05, 4.69) is 4.98 Å². The summed E-state index contributed by atoms with van der Waals surface area (Å²) < 4.78 is 13.0. The van der Waals surface area contributed by atoms with Gasteiger partial charge in [-0.15, -0.1) is 0 Å². The highest BCUT2D eigenvalue weighted by atomic mass is 19.1. The third-order valence-electron chi connectivity index (χ3n) is 2.26. The zero-order valence-corrected chi connectivity index (χ0v) is 11.1. The van der Waals surface area contributed by atoms with Gasteiger partial charge >= 0.3 is 0 Å². The van der Waals surface area contributed by atoms with Crippen LogP contribution in [0.2, 0.25) is 0 Å². The van der Waals surface area contributed by atoms with Crippen molar-refractivity contribution in [1.82, 2.24) is 4.98 Å². The fourth-order valence-electron chi connectivity index (χ4n) is 1.47. The summed E-state index contributed by atoms with van der Waals surface area (Å²) >= 11 is 0. The smallest absolute Gasteiger partial charge is 0.300 e. The molecule has 2 aromatic rings. The minimum atomic E-state index is -0.833. The number of halogens is 1. The number of nitrogens with zero attached hydrogens (tertiary/aromatic N) is 1. The molecule has 2 rings (SSSR count). The van der Waals surface area contributed by atoms with Crippen molar-refractivity contribution in [3.8, 4) is 16.9 Å². The average Bonchev–Trinajstić information content (AvgIpc) is 2.37. The van der Waals surface area contributed by atoms with E-state index in [1.807, 2.05) is 0 Å². The summed E-state index contributed by atoms with van der Waals surface area (Å²) in [6.45, 7) is 1.08. The lowest BCUT2D eigenvalue weighted by Crippen LogP contribution is -2.13. The van der Waals surface area contributed by atoms with E-state index in [0.717, 1.165) is 6.92 Å². The van der Waals surface area contributed by atoms with Gasteiger partial charge < -0.3 is 15.9 Å². The van der Waals surface area contributed by atoms with Crippen molar-refractivity contribution in [3.63, 3.8) is 0 Å². The van der Waals surface area contributed by atoms with Crippen LogP contribution < -0.4 is 5.73 Å². The number of rotatable bonds is 2. The molecule has 0 spiro atoms. The molecule has 7 heteroatoms. The maximum absolute atomic E-state index is 13.0.